The molecule has 1 unspecified atom stereocenters. The number of carbonyl (C=O) groups is 1. The van der Waals surface area contributed by atoms with Crippen LogP contribution in [0.3, 0.4) is 0 Å². The van der Waals surface area contributed by atoms with Crippen LogP contribution >= 0.6 is 0 Å². The summed E-state index contributed by atoms with van der Waals surface area (Å²) in [7, 11) is 0. The first-order valence-electron chi connectivity index (χ1n) is 9.33. The number of nitrogens with one attached hydrogen (secondary N) is 1. The Kier molecular flexibility index (Phi) is 4.77. The molecule has 5 nitrogen and oxygen atoms in total. The number of ether oxygens (including phenoxy) is 1. The molecule has 2 saturated heterocycles. The Morgan fingerprint density at radius 2 is 2.04 bits per heavy atom. The predicted octanol–water partition coefficient (Wildman–Crippen LogP) is 2.85. The Balaban J connectivity index is 1.36. The van der Waals surface area contributed by atoms with Gasteiger partial charge in [-0.05, 0) is 37.1 Å². The fraction of sp³-hybridized carbons (Fsp3) is 0.429. The van der Waals surface area contributed by atoms with Crippen molar-refractivity contribution in [3.05, 3.63) is 42.5 Å². The summed E-state index contributed by atoms with van der Waals surface area (Å²) in [5.74, 6) is 0.950. The molecule has 0 saturated carbocycles. The first-order valence-corrected chi connectivity index (χ1v) is 9.33. The van der Waals surface area contributed by atoms with Crippen molar-refractivity contribution in [3.8, 4) is 11.8 Å². The number of hydrogen-bond acceptors (Lipinski definition) is 4. The minimum absolute atomic E-state index is 0.0710. The second-order valence-electron chi connectivity index (χ2n) is 7.10. The average molecular weight is 349 g/mol. The van der Waals surface area contributed by atoms with Crippen LogP contribution in [0.2, 0.25) is 0 Å². The highest BCUT2D eigenvalue weighted by molar-refractivity contribution is 5.88. The average Bonchev–Trinajstić information content (AvgIpc) is 3.35. The van der Waals surface area contributed by atoms with Gasteiger partial charge in [0.05, 0.1) is 12.1 Å². The zero-order valence-electron chi connectivity index (χ0n) is 14.7. The third-order valence-corrected chi connectivity index (χ3v) is 5.41. The third-order valence-electron chi connectivity index (χ3n) is 5.41. The van der Waals surface area contributed by atoms with E-state index in [1.807, 2.05) is 24.3 Å². The molecule has 1 N–H and O–H groups in total. The summed E-state index contributed by atoms with van der Waals surface area (Å²) in [5, 5.41) is 14.9. The maximum Gasteiger partial charge on any atom is 0.240 e. The molecule has 0 aromatic heterocycles. The topological polar surface area (TPSA) is 65.4 Å². The van der Waals surface area contributed by atoms with Crippen LogP contribution in [0.4, 0.5) is 0 Å². The van der Waals surface area contributed by atoms with Gasteiger partial charge in [-0.25, -0.2) is 0 Å². The Bertz CT molecular complexity index is 839. The third kappa shape index (κ3) is 3.25. The maximum absolute atomic E-state index is 12.7. The highest BCUT2D eigenvalue weighted by Crippen LogP contribution is 2.26. The highest BCUT2D eigenvalue weighted by Gasteiger charge is 2.36. The van der Waals surface area contributed by atoms with Crippen LogP contribution in [0.25, 0.3) is 10.8 Å². The zero-order chi connectivity index (χ0) is 17.9. The number of nitrogens with zero attached hydrogens (tertiary/aromatic N) is 2. The Morgan fingerprint density at radius 1 is 1.19 bits per heavy atom. The van der Waals surface area contributed by atoms with Gasteiger partial charge in [0.2, 0.25) is 5.91 Å². The number of hydrogen-bond donors (Lipinski definition) is 1. The van der Waals surface area contributed by atoms with Crippen LogP contribution in [0.15, 0.2) is 42.5 Å². The highest BCUT2D eigenvalue weighted by atomic mass is 16.5. The zero-order valence-corrected chi connectivity index (χ0v) is 14.7. The largest absolute Gasteiger partial charge is 0.491 e. The molecule has 0 radical (unpaired) electrons. The quantitative estimate of drug-likeness (QED) is 0.922. The van der Waals surface area contributed by atoms with E-state index >= 15 is 0 Å². The summed E-state index contributed by atoms with van der Waals surface area (Å²) >= 11 is 0. The first-order chi connectivity index (χ1) is 12.8. The van der Waals surface area contributed by atoms with Crippen LogP contribution in [0, 0.1) is 11.3 Å². The number of rotatable bonds is 4. The van der Waals surface area contributed by atoms with Crippen molar-refractivity contribution in [2.45, 2.75) is 43.8 Å². The standard InChI is InChI=1S/C21H23N3O2/c22-13-17-7-4-12-24(17)21(25)19-11-10-16(23-19)14-26-20-9-3-6-15-5-1-2-8-18(15)20/h1-3,5-6,8-9,16-17,19,23H,4,7,10-12,14H2/t16-,17?,19+/m1/s1. The summed E-state index contributed by atoms with van der Waals surface area (Å²) in [5.41, 5.74) is 0. The Morgan fingerprint density at radius 3 is 2.92 bits per heavy atom. The van der Waals surface area contributed by atoms with Crippen LogP contribution in [0.1, 0.15) is 25.7 Å². The lowest BCUT2D eigenvalue weighted by Crippen LogP contribution is -2.47. The molecule has 0 spiro atoms. The van der Waals surface area contributed by atoms with Crippen molar-refractivity contribution in [1.82, 2.24) is 10.2 Å². The van der Waals surface area contributed by atoms with Crippen LogP contribution in [-0.4, -0.2) is 42.1 Å². The van der Waals surface area contributed by atoms with Gasteiger partial charge in [-0.1, -0.05) is 36.4 Å². The van der Waals surface area contributed by atoms with Gasteiger partial charge in [0.15, 0.2) is 0 Å². The summed E-state index contributed by atoms with van der Waals surface area (Å²) in [6.07, 6.45) is 3.43. The van der Waals surface area contributed by atoms with E-state index in [4.69, 9.17) is 4.74 Å². The van der Waals surface area contributed by atoms with Crippen molar-refractivity contribution < 1.29 is 9.53 Å². The van der Waals surface area contributed by atoms with Gasteiger partial charge in [0.25, 0.3) is 0 Å². The molecule has 134 valence electrons. The van der Waals surface area contributed by atoms with Crippen molar-refractivity contribution >= 4 is 16.7 Å². The summed E-state index contributed by atoms with van der Waals surface area (Å²) in [6, 6.07) is 16.2. The van der Waals surface area contributed by atoms with E-state index in [2.05, 4.69) is 29.6 Å². The molecule has 0 bridgehead atoms. The van der Waals surface area contributed by atoms with Gasteiger partial charge in [-0.2, -0.15) is 5.26 Å². The number of nitriles is 1. The smallest absolute Gasteiger partial charge is 0.240 e. The van der Waals surface area contributed by atoms with E-state index in [0.717, 1.165) is 42.2 Å². The number of benzene rings is 2. The SMILES string of the molecule is N#CC1CCCN1C(=O)[C@@H]1CC[C@H](COc2cccc3ccccc23)N1. The molecule has 5 heteroatoms. The van der Waals surface area contributed by atoms with E-state index in [0.29, 0.717) is 13.2 Å². The lowest BCUT2D eigenvalue weighted by molar-refractivity contribution is -0.133. The lowest BCUT2D eigenvalue weighted by atomic mass is 10.1. The second kappa shape index (κ2) is 7.35. The molecule has 2 aliphatic heterocycles. The minimum Gasteiger partial charge on any atom is -0.491 e. The monoisotopic (exact) mass is 349 g/mol. The van der Waals surface area contributed by atoms with Crippen molar-refractivity contribution in [1.29, 1.82) is 5.26 Å². The second-order valence-corrected chi connectivity index (χ2v) is 7.10. The molecule has 2 fully saturated rings. The lowest BCUT2D eigenvalue weighted by Gasteiger charge is -2.24. The number of fused-ring (bicyclic) bond motifs is 1. The van der Waals surface area contributed by atoms with E-state index in [-0.39, 0.29) is 24.0 Å². The predicted molar refractivity (Wildman–Crippen MR) is 99.7 cm³/mol. The van der Waals surface area contributed by atoms with Crippen molar-refractivity contribution in [3.63, 3.8) is 0 Å². The van der Waals surface area contributed by atoms with E-state index < -0.39 is 0 Å². The van der Waals surface area contributed by atoms with Gasteiger partial charge in [-0.3, -0.25) is 10.1 Å². The van der Waals surface area contributed by atoms with Gasteiger partial charge in [0.1, 0.15) is 18.4 Å². The minimum atomic E-state index is -0.254. The molecule has 2 aromatic rings. The van der Waals surface area contributed by atoms with Gasteiger partial charge in [-0.15, -0.1) is 0 Å². The van der Waals surface area contributed by atoms with Crippen molar-refractivity contribution in [2.75, 3.05) is 13.2 Å². The Hall–Kier alpha value is -2.58. The fourth-order valence-electron chi connectivity index (χ4n) is 4.02. The number of likely N-dealkylation sites (tertiary alicyclic amines) is 1. The Labute approximate surface area is 153 Å². The maximum atomic E-state index is 12.7. The van der Waals surface area contributed by atoms with Crippen LogP contribution < -0.4 is 10.1 Å². The summed E-state index contributed by atoms with van der Waals surface area (Å²) in [4.78, 5) is 14.4. The van der Waals surface area contributed by atoms with Crippen LogP contribution in [0.5, 0.6) is 5.75 Å². The molecule has 2 aromatic carbocycles. The van der Waals surface area contributed by atoms with Gasteiger partial charge < -0.3 is 9.64 Å². The number of amides is 1. The van der Waals surface area contributed by atoms with Crippen LogP contribution in [-0.2, 0) is 4.79 Å². The van der Waals surface area contributed by atoms with Gasteiger partial charge >= 0.3 is 0 Å². The molecular formula is C21H23N3O2. The summed E-state index contributed by atoms with van der Waals surface area (Å²) in [6.45, 7) is 1.24. The first kappa shape index (κ1) is 16.9. The van der Waals surface area contributed by atoms with E-state index in [1.165, 1.54) is 0 Å². The normalized spacial score (nSPS) is 25.3. The molecule has 2 aliphatic rings. The molecule has 4 rings (SSSR count). The molecule has 1 amide bonds. The summed E-state index contributed by atoms with van der Waals surface area (Å²) < 4.78 is 6.06. The molecule has 26 heavy (non-hydrogen) atoms. The molecule has 0 aliphatic carbocycles. The molecular weight excluding hydrogens is 326 g/mol. The van der Waals surface area contributed by atoms with E-state index in [1.54, 1.807) is 4.90 Å². The fourth-order valence-corrected chi connectivity index (χ4v) is 4.02. The van der Waals surface area contributed by atoms with Gasteiger partial charge in [0, 0.05) is 18.0 Å². The van der Waals surface area contributed by atoms with Crippen molar-refractivity contribution in [2.24, 2.45) is 0 Å². The van der Waals surface area contributed by atoms with E-state index in [9.17, 15) is 10.1 Å². The molecule has 2 heterocycles. The number of carbonyl (C=O) groups excluding carboxylic acids is 1. The molecule has 3 atom stereocenters.